The molecule has 11 heteroatoms. The molecule has 0 radical (unpaired) electrons. The first-order valence-electron chi connectivity index (χ1n) is 7.43. The van der Waals surface area contributed by atoms with Crippen LogP contribution in [0.1, 0.15) is 16.9 Å². The van der Waals surface area contributed by atoms with E-state index in [9.17, 15) is 4.79 Å². The molecule has 128 valence electrons. The molecule has 0 bridgehead atoms. The third-order valence-electron chi connectivity index (χ3n) is 3.60. The van der Waals surface area contributed by atoms with Crippen LogP contribution in [0.25, 0.3) is 0 Å². The van der Waals surface area contributed by atoms with Crippen molar-refractivity contribution in [2.45, 2.75) is 18.5 Å². The fraction of sp³-hybridized carbons (Fsp3) is 0.462. The minimum atomic E-state index is -0.726. The summed E-state index contributed by atoms with van der Waals surface area (Å²) in [7, 11) is 1.78. The van der Waals surface area contributed by atoms with Gasteiger partial charge in [0.05, 0.1) is 18.5 Å². The van der Waals surface area contributed by atoms with Crippen LogP contribution in [-0.4, -0.2) is 56.2 Å². The van der Waals surface area contributed by atoms with Crippen LogP contribution in [0.3, 0.4) is 0 Å². The van der Waals surface area contributed by atoms with Gasteiger partial charge in [-0.3, -0.25) is 9.48 Å². The second-order valence-electron chi connectivity index (χ2n) is 5.50. The fourth-order valence-electron chi connectivity index (χ4n) is 2.37. The summed E-state index contributed by atoms with van der Waals surface area (Å²) in [5.41, 5.74) is 11.9. The van der Waals surface area contributed by atoms with Crippen LogP contribution in [0.4, 0.5) is 17.5 Å². The van der Waals surface area contributed by atoms with Crippen molar-refractivity contribution in [1.82, 2.24) is 25.0 Å². The van der Waals surface area contributed by atoms with Crippen molar-refractivity contribution in [3.8, 4) is 0 Å². The maximum Gasteiger partial charge on any atom is 0.273 e. The minimum absolute atomic E-state index is 0.0359. The highest BCUT2D eigenvalue weighted by Crippen LogP contribution is 2.18. The van der Waals surface area contributed by atoms with Crippen molar-refractivity contribution in [3.05, 3.63) is 18.1 Å². The zero-order valence-corrected chi connectivity index (χ0v) is 13.1. The topological polar surface area (TPSA) is 159 Å². The summed E-state index contributed by atoms with van der Waals surface area (Å²) in [6.45, 7) is 1.07. The number of rotatable bonds is 5. The average Bonchev–Trinajstić information content (AvgIpc) is 2.94. The molecule has 0 saturated carbocycles. The van der Waals surface area contributed by atoms with Crippen LogP contribution >= 0.6 is 0 Å². The van der Waals surface area contributed by atoms with Gasteiger partial charge in [0.2, 0.25) is 5.95 Å². The number of aryl methyl sites for hydroxylation is 1. The lowest BCUT2D eigenvalue weighted by molar-refractivity contribution is 0.0751. The third-order valence-corrected chi connectivity index (χ3v) is 3.60. The predicted molar refractivity (Wildman–Crippen MR) is 85.7 cm³/mol. The van der Waals surface area contributed by atoms with Crippen LogP contribution in [0.15, 0.2) is 12.4 Å². The largest absolute Gasteiger partial charge is 0.380 e. The van der Waals surface area contributed by atoms with E-state index < -0.39 is 5.91 Å². The summed E-state index contributed by atoms with van der Waals surface area (Å²) in [5.74, 6) is -0.266. The van der Waals surface area contributed by atoms with E-state index in [1.54, 1.807) is 24.1 Å². The van der Waals surface area contributed by atoms with Gasteiger partial charge in [0.25, 0.3) is 5.91 Å². The van der Waals surface area contributed by atoms with E-state index in [1.165, 1.54) is 0 Å². The van der Waals surface area contributed by atoms with E-state index in [0.29, 0.717) is 18.9 Å². The van der Waals surface area contributed by atoms with Gasteiger partial charge in [-0.15, -0.1) is 10.2 Å². The minimum Gasteiger partial charge on any atom is -0.380 e. The molecule has 1 aliphatic rings. The first kappa shape index (κ1) is 16.1. The van der Waals surface area contributed by atoms with Crippen LogP contribution in [0.2, 0.25) is 0 Å². The molecular weight excluding hydrogens is 314 g/mol. The van der Waals surface area contributed by atoms with Crippen molar-refractivity contribution in [3.63, 3.8) is 0 Å². The second-order valence-corrected chi connectivity index (χ2v) is 5.50. The molecule has 1 saturated heterocycles. The normalized spacial score (nSPS) is 20.6. The number of primary amides is 1. The fourth-order valence-corrected chi connectivity index (χ4v) is 2.37. The number of ether oxygens (including phenoxy) is 1. The Labute approximate surface area is 137 Å². The van der Waals surface area contributed by atoms with Crippen LogP contribution in [0, 0.1) is 0 Å². The van der Waals surface area contributed by atoms with Gasteiger partial charge in [-0.25, -0.2) is 0 Å². The van der Waals surface area contributed by atoms with E-state index in [0.717, 1.165) is 6.42 Å². The molecule has 1 fully saturated rings. The molecule has 2 aromatic heterocycles. The molecule has 1 aliphatic heterocycles. The Morgan fingerprint density at radius 3 is 2.96 bits per heavy atom. The quantitative estimate of drug-likeness (QED) is 0.537. The Morgan fingerprint density at radius 1 is 1.46 bits per heavy atom. The van der Waals surface area contributed by atoms with E-state index in [1.807, 2.05) is 0 Å². The lowest BCUT2D eigenvalue weighted by atomic mass is 10.1. The summed E-state index contributed by atoms with van der Waals surface area (Å²) in [6, 6.07) is -0.209. The highest BCUT2D eigenvalue weighted by atomic mass is 16.5. The van der Waals surface area contributed by atoms with Gasteiger partial charge >= 0.3 is 0 Å². The third kappa shape index (κ3) is 3.58. The molecular formula is C13H19N9O2. The van der Waals surface area contributed by atoms with Crippen molar-refractivity contribution in [2.75, 3.05) is 23.8 Å². The molecule has 2 atom stereocenters. The molecule has 0 aromatic carbocycles. The number of amides is 1. The van der Waals surface area contributed by atoms with Crippen molar-refractivity contribution in [1.29, 1.82) is 0 Å². The number of aromatic nitrogens is 5. The Hall–Kier alpha value is -2.79. The maximum absolute atomic E-state index is 11.5. The second kappa shape index (κ2) is 6.76. The molecule has 6 N–H and O–H groups in total. The number of nitrogens with one attached hydrogen (secondary N) is 2. The summed E-state index contributed by atoms with van der Waals surface area (Å²) >= 11 is 0. The van der Waals surface area contributed by atoms with E-state index in [4.69, 9.17) is 16.2 Å². The number of hydrogen-bond donors (Lipinski definition) is 4. The molecule has 0 aliphatic carbocycles. The lowest BCUT2D eigenvalue weighted by Crippen LogP contribution is -2.48. The molecule has 11 nitrogen and oxygen atoms in total. The highest BCUT2D eigenvalue weighted by Gasteiger charge is 2.24. The zero-order valence-electron chi connectivity index (χ0n) is 13.1. The monoisotopic (exact) mass is 333 g/mol. The van der Waals surface area contributed by atoms with Crippen LogP contribution < -0.4 is 22.1 Å². The molecule has 0 spiro atoms. The summed E-state index contributed by atoms with van der Waals surface area (Å²) < 4.78 is 6.91. The molecule has 24 heavy (non-hydrogen) atoms. The first-order valence-corrected chi connectivity index (χ1v) is 7.43. The van der Waals surface area contributed by atoms with Crippen molar-refractivity contribution < 1.29 is 9.53 Å². The van der Waals surface area contributed by atoms with Gasteiger partial charge in [-0.1, -0.05) is 0 Å². The highest BCUT2D eigenvalue weighted by molar-refractivity contribution is 5.96. The maximum atomic E-state index is 11.5. The van der Waals surface area contributed by atoms with Gasteiger partial charge < -0.3 is 26.8 Å². The van der Waals surface area contributed by atoms with Crippen molar-refractivity contribution in [2.24, 2.45) is 18.5 Å². The summed E-state index contributed by atoms with van der Waals surface area (Å²) in [4.78, 5) is 15.8. The lowest BCUT2D eigenvalue weighted by Gasteiger charge is -2.29. The summed E-state index contributed by atoms with van der Waals surface area (Å²) in [5, 5.41) is 17.9. The van der Waals surface area contributed by atoms with Gasteiger partial charge in [0.1, 0.15) is 0 Å². The molecule has 3 heterocycles. The molecule has 1 amide bonds. The number of carbonyl (C=O) groups excluding carboxylic acids is 1. The molecule has 3 rings (SSSR count). The zero-order chi connectivity index (χ0) is 17.1. The summed E-state index contributed by atoms with van der Waals surface area (Å²) in [6.07, 6.45) is 4.05. The SMILES string of the molecule is Cn1cc(Nc2nc(N[C@@H]3CCOC[C@@H]3N)nnc2C(N)=O)cn1. The Kier molecular flexibility index (Phi) is 4.53. The first-order chi connectivity index (χ1) is 11.5. The smallest absolute Gasteiger partial charge is 0.273 e. The van der Waals surface area contributed by atoms with Crippen LogP contribution in [-0.2, 0) is 11.8 Å². The number of hydrogen-bond acceptors (Lipinski definition) is 9. The number of nitrogens with zero attached hydrogens (tertiary/aromatic N) is 5. The standard InChI is InChI=1S/C13H19N9O2/c1-22-5-7(4-16-22)17-12-10(11(15)23)20-21-13(19-12)18-9-2-3-24-6-8(9)14/h4-5,8-9H,2-3,6,14H2,1H3,(H2,15,23)(H2,17,18,19,21)/t8-,9+/m0/s1. The van der Waals surface area contributed by atoms with E-state index >= 15 is 0 Å². The average molecular weight is 333 g/mol. The molecule has 2 aromatic rings. The van der Waals surface area contributed by atoms with Gasteiger partial charge in [0.15, 0.2) is 11.5 Å². The van der Waals surface area contributed by atoms with Gasteiger partial charge in [0, 0.05) is 31.9 Å². The van der Waals surface area contributed by atoms with Gasteiger partial charge in [-0.2, -0.15) is 10.1 Å². The van der Waals surface area contributed by atoms with Gasteiger partial charge in [-0.05, 0) is 6.42 Å². The van der Waals surface area contributed by atoms with Crippen LogP contribution in [0.5, 0.6) is 0 Å². The number of carbonyl (C=O) groups is 1. The van der Waals surface area contributed by atoms with E-state index in [2.05, 4.69) is 30.9 Å². The predicted octanol–water partition coefficient (Wildman–Crippen LogP) is -1.02. The number of anilines is 3. The Balaban J connectivity index is 1.83. The Bertz CT molecular complexity index is 732. The number of nitrogens with two attached hydrogens (primary N) is 2. The van der Waals surface area contributed by atoms with E-state index in [-0.39, 0.29) is 29.5 Å². The molecule has 0 unspecified atom stereocenters. The van der Waals surface area contributed by atoms with Crippen molar-refractivity contribution >= 4 is 23.4 Å². The Morgan fingerprint density at radius 2 is 2.29 bits per heavy atom.